The smallest absolute Gasteiger partial charge is 0.290 e. The molecule has 2 aliphatic rings. The van der Waals surface area contributed by atoms with Gasteiger partial charge in [0.1, 0.15) is 23.7 Å². The van der Waals surface area contributed by atoms with Crippen LogP contribution in [0, 0.1) is 5.92 Å². The predicted octanol–water partition coefficient (Wildman–Crippen LogP) is 5.10. The zero-order valence-corrected chi connectivity index (χ0v) is 17.0. The minimum atomic E-state index is -0.0641. The Kier molecular flexibility index (Phi) is 4.30. The van der Waals surface area contributed by atoms with Crippen LogP contribution in [-0.2, 0) is 6.61 Å². The molecule has 0 unspecified atom stereocenters. The highest BCUT2D eigenvalue weighted by atomic mass is 16.5. The maximum absolute atomic E-state index is 13.2. The van der Waals surface area contributed by atoms with Gasteiger partial charge in [-0.2, -0.15) is 0 Å². The Morgan fingerprint density at radius 3 is 2.84 bits per heavy atom. The molecule has 3 atom stereocenters. The van der Waals surface area contributed by atoms with Crippen molar-refractivity contribution in [2.45, 2.75) is 38.0 Å². The summed E-state index contributed by atoms with van der Waals surface area (Å²) in [6.07, 6.45) is 4.73. The lowest BCUT2D eigenvalue weighted by atomic mass is 9.98. The number of amides is 1. The second-order valence-corrected chi connectivity index (χ2v) is 8.41. The third kappa shape index (κ3) is 3.10. The van der Waals surface area contributed by atoms with E-state index in [-0.39, 0.29) is 18.0 Å². The molecule has 2 bridgehead atoms. The van der Waals surface area contributed by atoms with E-state index in [1.165, 1.54) is 0 Å². The molecule has 2 aromatic carbocycles. The monoisotopic (exact) mass is 413 g/mol. The second-order valence-electron chi connectivity index (χ2n) is 8.41. The van der Waals surface area contributed by atoms with Gasteiger partial charge in [0.25, 0.3) is 5.91 Å². The van der Waals surface area contributed by atoms with Crippen molar-refractivity contribution in [3.05, 3.63) is 84.1 Å². The zero-order valence-electron chi connectivity index (χ0n) is 17.0. The number of carbonyl (C=O) groups is 1. The van der Waals surface area contributed by atoms with Crippen LogP contribution in [0.1, 0.15) is 47.2 Å². The second kappa shape index (κ2) is 7.30. The summed E-state index contributed by atoms with van der Waals surface area (Å²) in [4.78, 5) is 23.6. The molecule has 1 aliphatic heterocycles. The Bertz CT molecular complexity index is 1220. The molecule has 1 N–H and O–H groups in total. The van der Waals surface area contributed by atoms with Gasteiger partial charge in [-0.05, 0) is 55.0 Å². The molecule has 31 heavy (non-hydrogen) atoms. The zero-order chi connectivity index (χ0) is 20.8. The normalized spacial score (nSPS) is 22.3. The van der Waals surface area contributed by atoms with Gasteiger partial charge in [-0.15, -0.1) is 0 Å². The van der Waals surface area contributed by atoms with Gasteiger partial charge in [0.05, 0.1) is 17.8 Å². The lowest BCUT2D eigenvalue weighted by Gasteiger charge is -2.33. The van der Waals surface area contributed by atoms with Crippen molar-refractivity contribution in [2.75, 3.05) is 0 Å². The minimum Gasteiger partial charge on any atom is -0.487 e. The van der Waals surface area contributed by atoms with Gasteiger partial charge < -0.3 is 19.0 Å². The van der Waals surface area contributed by atoms with E-state index in [9.17, 15) is 4.79 Å². The van der Waals surface area contributed by atoms with Crippen LogP contribution in [-0.4, -0.2) is 26.8 Å². The van der Waals surface area contributed by atoms with Crippen LogP contribution in [0.2, 0.25) is 0 Å². The fourth-order valence-corrected chi connectivity index (χ4v) is 5.18. The van der Waals surface area contributed by atoms with Gasteiger partial charge in [-0.1, -0.05) is 36.4 Å². The van der Waals surface area contributed by atoms with Crippen LogP contribution < -0.4 is 4.74 Å². The molecule has 1 aliphatic carbocycles. The molecule has 0 radical (unpaired) electrons. The molecule has 1 saturated carbocycles. The molecular weight excluding hydrogens is 390 g/mol. The van der Waals surface area contributed by atoms with E-state index in [1.54, 1.807) is 18.4 Å². The number of nitrogens with one attached hydrogen (secondary N) is 1. The molecule has 4 aromatic rings. The highest BCUT2D eigenvalue weighted by Crippen LogP contribution is 2.50. The molecule has 1 saturated heterocycles. The number of benzene rings is 2. The van der Waals surface area contributed by atoms with Gasteiger partial charge in [0.2, 0.25) is 0 Å². The Morgan fingerprint density at radius 1 is 1.10 bits per heavy atom. The Labute approximate surface area is 179 Å². The molecular formula is C25H23N3O3. The standard InChI is InChI=1S/C25H23N3O3/c29-25(21-10-5-13-30-21)28-18-12-11-17(14-18)23(28)24-26-19-8-4-9-20(22(19)27-24)31-15-16-6-2-1-3-7-16/h1-10,13,17-18,23H,11-12,14-15H2,(H,26,27)/t17-,18+,23-/m0/s1. The molecule has 6 heteroatoms. The number of aromatic amines is 1. The maximum Gasteiger partial charge on any atom is 0.290 e. The summed E-state index contributed by atoms with van der Waals surface area (Å²) < 4.78 is 11.5. The van der Waals surface area contributed by atoms with Crippen molar-refractivity contribution >= 4 is 16.9 Å². The van der Waals surface area contributed by atoms with Gasteiger partial charge in [-0.25, -0.2) is 4.98 Å². The summed E-state index contributed by atoms with van der Waals surface area (Å²) in [5.74, 6) is 2.33. The number of piperidine rings is 1. The largest absolute Gasteiger partial charge is 0.487 e. The first-order valence-corrected chi connectivity index (χ1v) is 10.8. The number of fused-ring (bicyclic) bond motifs is 3. The number of rotatable bonds is 5. The molecule has 2 aromatic heterocycles. The van der Waals surface area contributed by atoms with Gasteiger partial charge in [0.15, 0.2) is 5.76 Å². The average molecular weight is 413 g/mol. The first-order chi connectivity index (χ1) is 15.3. The number of hydrogen-bond donors (Lipinski definition) is 1. The molecule has 3 heterocycles. The van der Waals surface area contributed by atoms with Crippen molar-refractivity contribution in [1.82, 2.24) is 14.9 Å². The van der Waals surface area contributed by atoms with Gasteiger partial charge in [-0.3, -0.25) is 4.79 Å². The molecule has 6 rings (SSSR count). The SMILES string of the molecule is O=C(c1ccco1)N1[C@@H]2CC[C@@H](C2)[C@H]1c1nc2c(OCc3ccccc3)cccc2[nH]1. The summed E-state index contributed by atoms with van der Waals surface area (Å²) >= 11 is 0. The quantitative estimate of drug-likeness (QED) is 0.494. The molecule has 6 nitrogen and oxygen atoms in total. The summed E-state index contributed by atoms with van der Waals surface area (Å²) in [5, 5.41) is 0. The topological polar surface area (TPSA) is 71.4 Å². The first-order valence-electron chi connectivity index (χ1n) is 10.8. The first kappa shape index (κ1) is 18.2. The third-order valence-corrected chi connectivity index (χ3v) is 6.56. The van der Waals surface area contributed by atoms with Crippen LogP contribution in [0.25, 0.3) is 11.0 Å². The van der Waals surface area contributed by atoms with E-state index in [2.05, 4.69) is 4.98 Å². The summed E-state index contributed by atoms with van der Waals surface area (Å²) in [5.41, 5.74) is 2.84. The van der Waals surface area contributed by atoms with E-state index >= 15 is 0 Å². The number of ether oxygens (including phenoxy) is 1. The summed E-state index contributed by atoms with van der Waals surface area (Å²) in [6.45, 7) is 0.485. The van der Waals surface area contributed by atoms with Crippen LogP contribution in [0.5, 0.6) is 5.75 Å². The number of furan rings is 1. The number of H-pyrrole nitrogens is 1. The Balaban J connectivity index is 1.33. The minimum absolute atomic E-state index is 0.0526. The van der Waals surface area contributed by atoms with Crippen molar-refractivity contribution in [3.8, 4) is 5.75 Å². The molecule has 1 amide bonds. The number of hydrogen-bond acceptors (Lipinski definition) is 4. The lowest BCUT2D eigenvalue weighted by molar-refractivity contribution is 0.0547. The van der Waals surface area contributed by atoms with E-state index in [0.717, 1.165) is 47.4 Å². The number of nitrogens with zero attached hydrogens (tertiary/aromatic N) is 2. The fraction of sp³-hybridized carbons (Fsp3) is 0.280. The van der Waals surface area contributed by atoms with Crippen LogP contribution in [0.15, 0.2) is 71.3 Å². The van der Waals surface area contributed by atoms with E-state index in [4.69, 9.17) is 14.1 Å². The van der Waals surface area contributed by atoms with Gasteiger partial charge in [0, 0.05) is 6.04 Å². The van der Waals surface area contributed by atoms with Crippen LogP contribution in [0.3, 0.4) is 0 Å². The van der Waals surface area contributed by atoms with Crippen molar-refractivity contribution < 1.29 is 13.9 Å². The fourth-order valence-electron chi connectivity index (χ4n) is 5.18. The summed E-state index contributed by atoms with van der Waals surface area (Å²) in [7, 11) is 0. The van der Waals surface area contributed by atoms with Crippen molar-refractivity contribution in [2.24, 2.45) is 5.92 Å². The van der Waals surface area contributed by atoms with Crippen LogP contribution >= 0.6 is 0 Å². The van der Waals surface area contributed by atoms with Crippen molar-refractivity contribution in [3.63, 3.8) is 0 Å². The molecule has 156 valence electrons. The number of imidazole rings is 1. The molecule has 0 spiro atoms. The number of likely N-dealkylation sites (tertiary alicyclic amines) is 1. The lowest BCUT2D eigenvalue weighted by Crippen LogP contribution is -2.40. The highest BCUT2D eigenvalue weighted by molar-refractivity contribution is 5.92. The number of carbonyl (C=O) groups excluding carboxylic acids is 1. The van der Waals surface area contributed by atoms with E-state index in [0.29, 0.717) is 18.3 Å². The van der Waals surface area contributed by atoms with Crippen LogP contribution in [0.4, 0.5) is 0 Å². The maximum atomic E-state index is 13.2. The third-order valence-electron chi connectivity index (χ3n) is 6.56. The highest BCUT2D eigenvalue weighted by Gasteiger charge is 2.50. The number of para-hydroxylation sites is 1. The predicted molar refractivity (Wildman–Crippen MR) is 116 cm³/mol. The van der Waals surface area contributed by atoms with Gasteiger partial charge >= 0.3 is 0 Å². The number of aromatic nitrogens is 2. The van der Waals surface area contributed by atoms with Crippen molar-refractivity contribution in [1.29, 1.82) is 0 Å². The summed E-state index contributed by atoms with van der Waals surface area (Å²) in [6, 6.07) is 19.7. The Morgan fingerprint density at radius 2 is 2.00 bits per heavy atom. The average Bonchev–Trinajstić information content (AvgIpc) is 3.60. The Hall–Kier alpha value is -3.54. The molecule has 2 fully saturated rings. The van der Waals surface area contributed by atoms with E-state index in [1.807, 2.05) is 53.4 Å². The van der Waals surface area contributed by atoms with E-state index < -0.39 is 0 Å².